The lowest BCUT2D eigenvalue weighted by molar-refractivity contribution is -0.132. The van der Waals surface area contributed by atoms with Gasteiger partial charge in [-0.15, -0.1) is 0 Å². The van der Waals surface area contributed by atoms with Gasteiger partial charge in [0.15, 0.2) is 5.78 Å². The molecule has 3 aromatic carbocycles. The number of anilines is 1. The number of amides is 1. The molecule has 176 valence electrons. The van der Waals surface area contributed by atoms with Crippen LogP contribution in [-0.4, -0.2) is 24.2 Å². The minimum atomic E-state index is -0.630. The topological polar surface area (TPSA) is 165 Å². The maximum Gasteiger partial charge on any atom is 0.325 e. The molecule has 0 bridgehead atoms. The second kappa shape index (κ2) is 11.2. The van der Waals surface area contributed by atoms with E-state index in [-0.39, 0.29) is 29.5 Å². The van der Waals surface area contributed by atoms with E-state index in [1.54, 1.807) is 24.3 Å². The van der Waals surface area contributed by atoms with Gasteiger partial charge in [0.1, 0.15) is 5.75 Å². The molecule has 8 N–H and O–H groups in total. The van der Waals surface area contributed by atoms with Crippen molar-refractivity contribution in [3.8, 4) is 5.75 Å². The van der Waals surface area contributed by atoms with Gasteiger partial charge in [0.25, 0.3) is 0 Å². The first-order valence-corrected chi connectivity index (χ1v) is 10.9. The molecular weight excluding hydrogens is 432 g/mol. The minimum Gasteiger partial charge on any atom is -0.425 e. The van der Waals surface area contributed by atoms with Crippen LogP contribution in [0.25, 0.3) is 0 Å². The molecule has 0 spiro atoms. The third kappa shape index (κ3) is 6.06. The van der Waals surface area contributed by atoms with Crippen LogP contribution in [0, 0.1) is 0 Å². The van der Waals surface area contributed by atoms with Gasteiger partial charge in [0.05, 0.1) is 12.1 Å². The first-order valence-electron chi connectivity index (χ1n) is 10.9. The number of nitrogen functional groups attached to an aromatic ring is 1. The Morgan fingerprint density at radius 1 is 0.853 bits per heavy atom. The third-order valence-corrected chi connectivity index (χ3v) is 5.45. The molecular formula is C26H28N4O4. The smallest absolute Gasteiger partial charge is 0.325 e. The molecule has 0 fully saturated rings. The van der Waals surface area contributed by atoms with Crippen LogP contribution in [-0.2, 0) is 24.2 Å². The van der Waals surface area contributed by atoms with Crippen molar-refractivity contribution in [2.45, 2.75) is 25.8 Å². The van der Waals surface area contributed by atoms with Gasteiger partial charge in [-0.2, -0.15) is 0 Å². The van der Waals surface area contributed by atoms with Crippen LogP contribution >= 0.6 is 0 Å². The fraction of sp³-hybridized carbons (Fsp3) is 0.192. The van der Waals surface area contributed by atoms with E-state index in [1.165, 1.54) is 29.7 Å². The normalized spacial score (nSPS) is 11.7. The fourth-order valence-electron chi connectivity index (χ4n) is 3.70. The molecule has 0 radical (unpaired) electrons. The zero-order valence-electron chi connectivity index (χ0n) is 18.8. The van der Waals surface area contributed by atoms with E-state index in [0.29, 0.717) is 23.4 Å². The van der Waals surface area contributed by atoms with E-state index < -0.39 is 5.97 Å². The first kappa shape index (κ1) is 24.6. The Bertz CT molecular complexity index is 1220. The van der Waals surface area contributed by atoms with Crippen molar-refractivity contribution in [1.29, 1.82) is 0 Å². The largest absolute Gasteiger partial charge is 0.425 e. The maximum atomic E-state index is 12.6. The summed E-state index contributed by atoms with van der Waals surface area (Å²) in [6.45, 7) is 0.0493. The van der Waals surface area contributed by atoms with Gasteiger partial charge < -0.3 is 27.7 Å². The third-order valence-electron chi connectivity index (χ3n) is 5.45. The van der Waals surface area contributed by atoms with Gasteiger partial charge in [0, 0.05) is 23.4 Å². The number of hydrogen-bond acceptors (Lipinski definition) is 7. The zero-order valence-corrected chi connectivity index (χ0v) is 18.8. The van der Waals surface area contributed by atoms with Crippen molar-refractivity contribution < 1.29 is 19.1 Å². The van der Waals surface area contributed by atoms with Gasteiger partial charge in [-0.25, -0.2) is 0 Å². The molecule has 1 aliphatic carbocycles. The van der Waals surface area contributed by atoms with Gasteiger partial charge in [0.2, 0.25) is 5.91 Å². The highest BCUT2D eigenvalue weighted by atomic mass is 16.5. The summed E-state index contributed by atoms with van der Waals surface area (Å²) in [6.07, 6.45) is 3.45. The van der Waals surface area contributed by atoms with E-state index >= 15 is 0 Å². The van der Waals surface area contributed by atoms with E-state index in [0.717, 1.165) is 18.4 Å². The fourth-order valence-corrected chi connectivity index (χ4v) is 3.70. The van der Waals surface area contributed by atoms with Crippen molar-refractivity contribution in [3.63, 3.8) is 0 Å². The number of fused-ring (bicyclic) bond motifs is 1. The van der Waals surface area contributed by atoms with Gasteiger partial charge in [-0.05, 0) is 72.4 Å². The number of esters is 1. The average Bonchev–Trinajstić information content (AvgIpc) is 3.33. The lowest BCUT2D eigenvalue weighted by Gasteiger charge is -2.10. The Balaban J connectivity index is 0.000000226. The van der Waals surface area contributed by atoms with Crippen LogP contribution < -0.4 is 27.7 Å². The molecule has 1 amide bonds. The number of benzene rings is 3. The average molecular weight is 461 g/mol. The summed E-state index contributed by atoms with van der Waals surface area (Å²) in [6, 6.07) is 17.2. The lowest BCUT2D eigenvalue weighted by Crippen LogP contribution is -2.20. The zero-order chi connectivity index (χ0) is 24.7. The number of carbonyl (C=O) groups excluding carboxylic acids is 3. The van der Waals surface area contributed by atoms with E-state index in [4.69, 9.17) is 27.7 Å². The highest BCUT2D eigenvalue weighted by Crippen LogP contribution is 2.25. The standard InChI is InChI=1S/C16H17N3O3.C10H11NO/c17-8-10-2-1-3-11(6-10)16(21)13-7-12(19)4-5-14(13)22-15(20)9-18;11-10(12)9-5-4-7-2-1-3-8(7)6-9/h1-7H,8-9,17-19H2;4-6H,1-3H2,(H2,11,12). The van der Waals surface area contributed by atoms with Gasteiger partial charge in [-0.3, -0.25) is 14.4 Å². The Kier molecular flexibility index (Phi) is 8.13. The monoisotopic (exact) mass is 460 g/mol. The maximum absolute atomic E-state index is 12.6. The highest BCUT2D eigenvalue weighted by Gasteiger charge is 2.17. The molecule has 8 heteroatoms. The summed E-state index contributed by atoms with van der Waals surface area (Å²) in [5.41, 5.74) is 26.9. The van der Waals surface area contributed by atoms with Crippen molar-refractivity contribution in [2.75, 3.05) is 12.3 Å². The summed E-state index contributed by atoms with van der Waals surface area (Å²) in [7, 11) is 0. The van der Waals surface area contributed by atoms with E-state index in [9.17, 15) is 14.4 Å². The molecule has 0 aromatic heterocycles. The summed E-state index contributed by atoms with van der Waals surface area (Å²) in [5.74, 6) is -1.13. The van der Waals surface area contributed by atoms with Crippen LogP contribution in [0.3, 0.4) is 0 Å². The number of primary amides is 1. The predicted octanol–water partition coefficient (Wildman–Crippen LogP) is 2.10. The Labute approximate surface area is 197 Å². The second-order valence-electron chi connectivity index (χ2n) is 7.87. The van der Waals surface area contributed by atoms with Gasteiger partial charge >= 0.3 is 5.97 Å². The first-order chi connectivity index (χ1) is 16.3. The number of nitrogens with two attached hydrogens (primary N) is 4. The molecule has 0 atom stereocenters. The van der Waals surface area contributed by atoms with Crippen LogP contribution in [0.2, 0.25) is 0 Å². The molecule has 0 unspecified atom stereocenters. The van der Waals surface area contributed by atoms with E-state index in [2.05, 4.69) is 0 Å². The molecule has 0 heterocycles. The number of aryl methyl sites for hydroxylation is 2. The van der Waals surface area contributed by atoms with Crippen molar-refractivity contribution in [3.05, 3.63) is 94.0 Å². The SMILES string of the molecule is NC(=O)c1ccc2c(c1)CCC2.NCC(=O)Oc1ccc(N)cc1C(=O)c1cccc(CN)c1. The molecule has 8 nitrogen and oxygen atoms in total. The molecule has 1 aliphatic rings. The summed E-state index contributed by atoms with van der Waals surface area (Å²) in [4.78, 5) is 34.8. The quantitative estimate of drug-likeness (QED) is 0.189. The Hall–Kier alpha value is -4.01. The van der Waals surface area contributed by atoms with Crippen LogP contribution in [0.15, 0.2) is 60.7 Å². The van der Waals surface area contributed by atoms with Gasteiger partial charge in [-0.1, -0.05) is 24.3 Å². The molecule has 0 aliphatic heterocycles. The summed E-state index contributed by atoms with van der Waals surface area (Å²) >= 11 is 0. The Morgan fingerprint density at radius 2 is 1.62 bits per heavy atom. The Morgan fingerprint density at radius 3 is 2.32 bits per heavy atom. The highest BCUT2D eigenvalue weighted by molar-refractivity contribution is 6.11. The number of rotatable bonds is 6. The summed E-state index contributed by atoms with van der Waals surface area (Å²) in [5, 5.41) is 0. The van der Waals surface area contributed by atoms with Crippen molar-refractivity contribution in [1.82, 2.24) is 0 Å². The molecule has 34 heavy (non-hydrogen) atoms. The number of carbonyl (C=O) groups is 3. The van der Waals surface area contributed by atoms with E-state index in [1.807, 2.05) is 24.3 Å². The molecule has 0 saturated carbocycles. The summed E-state index contributed by atoms with van der Waals surface area (Å²) < 4.78 is 5.08. The van der Waals surface area contributed by atoms with Crippen LogP contribution in [0.5, 0.6) is 5.75 Å². The predicted molar refractivity (Wildman–Crippen MR) is 130 cm³/mol. The molecule has 3 aromatic rings. The molecule has 4 rings (SSSR count). The van der Waals surface area contributed by atoms with Crippen molar-refractivity contribution >= 4 is 23.3 Å². The van der Waals surface area contributed by atoms with Crippen LogP contribution in [0.4, 0.5) is 5.69 Å². The number of hydrogen-bond donors (Lipinski definition) is 4. The second-order valence-corrected chi connectivity index (χ2v) is 7.87. The minimum absolute atomic E-state index is 0.132. The number of ether oxygens (including phenoxy) is 1. The number of ketones is 1. The molecule has 0 saturated heterocycles. The lowest BCUT2D eigenvalue weighted by atomic mass is 10.00. The van der Waals surface area contributed by atoms with Crippen molar-refractivity contribution in [2.24, 2.45) is 17.2 Å². The van der Waals surface area contributed by atoms with Crippen LogP contribution in [0.1, 0.15) is 49.4 Å².